The van der Waals surface area contributed by atoms with Gasteiger partial charge in [0.2, 0.25) is 0 Å². The molecule has 7 nitrogen and oxygen atoms in total. The summed E-state index contributed by atoms with van der Waals surface area (Å²) in [4.78, 5) is 17.2. The number of ether oxygens (including phenoxy) is 1. The zero-order valence-corrected chi connectivity index (χ0v) is 20.3. The molecule has 0 aliphatic carbocycles. The number of aromatic nitrogens is 3. The Labute approximate surface area is 213 Å². The molecule has 0 radical (unpaired) electrons. The van der Waals surface area contributed by atoms with Gasteiger partial charge in [-0.15, -0.1) is 0 Å². The van der Waals surface area contributed by atoms with Crippen LogP contribution in [0, 0.1) is 0 Å². The Balaban J connectivity index is 1.09. The van der Waals surface area contributed by atoms with Gasteiger partial charge in [0.05, 0.1) is 16.6 Å². The number of hydrogen-bond donors (Lipinski definition) is 3. The fraction of sp³-hybridized carbons (Fsp3) is 0.179. The maximum absolute atomic E-state index is 6.08. The Bertz CT molecular complexity index is 1560. The summed E-state index contributed by atoms with van der Waals surface area (Å²) in [6.07, 6.45) is 2.86. The highest BCUT2D eigenvalue weighted by atomic mass is 35.5. The molecule has 8 heteroatoms. The molecule has 0 unspecified atom stereocenters. The minimum absolute atomic E-state index is 0.530. The van der Waals surface area contributed by atoms with E-state index in [0.717, 1.165) is 75.7 Å². The highest BCUT2D eigenvalue weighted by molar-refractivity contribution is 6.31. The van der Waals surface area contributed by atoms with Gasteiger partial charge in [0.1, 0.15) is 24.0 Å². The molecular formula is C28H25ClN6O. The lowest BCUT2D eigenvalue weighted by atomic mass is 10.1. The molecule has 0 saturated carbocycles. The van der Waals surface area contributed by atoms with Gasteiger partial charge in [-0.1, -0.05) is 11.6 Å². The molecule has 1 aliphatic heterocycles. The number of fused-ring (bicyclic) bond motifs is 2. The fourth-order valence-electron chi connectivity index (χ4n) is 4.36. The number of aromatic amines is 1. The molecule has 180 valence electrons. The topological polar surface area (TPSA) is 87.2 Å². The van der Waals surface area contributed by atoms with E-state index in [9.17, 15) is 0 Å². The average molecular weight is 497 g/mol. The first-order valence-corrected chi connectivity index (χ1v) is 12.4. The summed E-state index contributed by atoms with van der Waals surface area (Å²) < 4.78 is 5.94. The van der Waals surface area contributed by atoms with E-state index in [0.29, 0.717) is 18.2 Å². The first-order valence-electron chi connectivity index (χ1n) is 12.0. The number of benzene rings is 3. The van der Waals surface area contributed by atoms with E-state index in [4.69, 9.17) is 21.3 Å². The number of H-pyrrole nitrogens is 1. The van der Waals surface area contributed by atoms with Gasteiger partial charge in [0, 0.05) is 53.1 Å². The summed E-state index contributed by atoms with van der Waals surface area (Å²) in [5, 5.41) is 8.51. The van der Waals surface area contributed by atoms with E-state index in [1.807, 2.05) is 54.6 Å². The lowest BCUT2D eigenvalue weighted by molar-refractivity contribution is 0.333. The minimum atomic E-state index is 0.530. The Kier molecular flexibility index (Phi) is 6.13. The van der Waals surface area contributed by atoms with Crippen molar-refractivity contribution in [2.45, 2.75) is 6.42 Å². The number of pyridine rings is 1. The third-order valence-corrected chi connectivity index (χ3v) is 6.41. The second kappa shape index (κ2) is 9.87. The summed E-state index contributed by atoms with van der Waals surface area (Å²) in [5.41, 5.74) is 5.89. The van der Waals surface area contributed by atoms with Crippen LogP contribution in [0.2, 0.25) is 5.02 Å². The Morgan fingerprint density at radius 1 is 0.944 bits per heavy atom. The molecule has 0 atom stereocenters. The van der Waals surface area contributed by atoms with Crippen LogP contribution in [-0.2, 0) is 0 Å². The maximum Gasteiger partial charge on any atom is 0.138 e. The molecule has 0 saturated heterocycles. The Morgan fingerprint density at radius 2 is 1.83 bits per heavy atom. The van der Waals surface area contributed by atoms with Gasteiger partial charge >= 0.3 is 0 Å². The Hall–Kier alpha value is -4.10. The summed E-state index contributed by atoms with van der Waals surface area (Å²) >= 11 is 6.08. The summed E-state index contributed by atoms with van der Waals surface area (Å²) in [6.45, 7) is 3.03. The SMILES string of the molecule is Clc1ccc2c(NCCOc3ccc(-c4nc5ccc(C6=NCCCN6)cc5[nH]4)cc3)ccnc2c1. The number of hydrogen-bond acceptors (Lipinski definition) is 6. The molecule has 0 amide bonds. The van der Waals surface area contributed by atoms with Gasteiger partial charge in [-0.25, -0.2) is 4.98 Å². The van der Waals surface area contributed by atoms with E-state index in [-0.39, 0.29) is 0 Å². The second-order valence-corrected chi connectivity index (χ2v) is 9.08. The third-order valence-electron chi connectivity index (χ3n) is 6.17. The number of amidine groups is 1. The van der Waals surface area contributed by atoms with Crippen molar-refractivity contribution in [3.63, 3.8) is 0 Å². The monoisotopic (exact) mass is 496 g/mol. The second-order valence-electron chi connectivity index (χ2n) is 8.65. The van der Waals surface area contributed by atoms with E-state index in [1.54, 1.807) is 6.20 Å². The number of anilines is 1. The highest BCUT2D eigenvalue weighted by Gasteiger charge is 2.11. The molecule has 3 heterocycles. The van der Waals surface area contributed by atoms with Crippen LogP contribution < -0.4 is 15.4 Å². The molecule has 6 rings (SSSR count). The quantitative estimate of drug-likeness (QED) is 0.253. The summed E-state index contributed by atoms with van der Waals surface area (Å²) in [7, 11) is 0. The van der Waals surface area contributed by atoms with Crippen LogP contribution >= 0.6 is 11.6 Å². The maximum atomic E-state index is 6.08. The van der Waals surface area contributed by atoms with Crippen LogP contribution in [0.25, 0.3) is 33.3 Å². The van der Waals surface area contributed by atoms with Gasteiger partial charge in [-0.05, 0) is 73.2 Å². The normalized spacial score (nSPS) is 13.4. The van der Waals surface area contributed by atoms with Crippen molar-refractivity contribution < 1.29 is 4.74 Å². The molecule has 0 spiro atoms. The molecule has 0 bridgehead atoms. The molecular weight excluding hydrogens is 472 g/mol. The van der Waals surface area contributed by atoms with Gasteiger partial charge < -0.3 is 20.4 Å². The van der Waals surface area contributed by atoms with Crippen LogP contribution in [0.15, 0.2) is 77.9 Å². The molecule has 3 N–H and O–H groups in total. The van der Waals surface area contributed by atoms with Crippen molar-refractivity contribution in [2.75, 3.05) is 31.6 Å². The smallest absolute Gasteiger partial charge is 0.138 e. The summed E-state index contributed by atoms with van der Waals surface area (Å²) in [6, 6.07) is 21.9. The van der Waals surface area contributed by atoms with Crippen molar-refractivity contribution in [1.82, 2.24) is 20.3 Å². The van der Waals surface area contributed by atoms with Crippen molar-refractivity contribution in [3.8, 4) is 17.1 Å². The molecule has 5 aromatic rings. The lowest BCUT2D eigenvalue weighted by Crippen LogP contribution is -2.30. The summed E-state index contributed by atoms with van der Waals surface area (Å²) in [5.74, 6) is 2.60. The van der Waals surface area contributed by atoms with Crippen LogP contribution in [0.1, 0.15) is 12.0 Å². The molecule has 1 aliphatic rings. The fourth-order valence-corrected chi connectivity index (χ4v) is 4.52. The first kappa shape index (κ1) is 22.4. The van der Waals surface area contributed by atoms with Crippen molar-refractivity contribution in [1.29, 1.82) is 0 Å². The van der Waals surface area contributed by atoms with Crippen molar-refractivity contribution in [3.05, 3.63) is 83.5 Å². The molecule has 3 aromatic carbocycles. The standard InChI is InChI=1S/C28H25ClN6O/c29-20-5-8-22-23(10-13-30-25(22)17-20)31-14-15-36-21-6-2-18(3-7-21)28-34-24-9-4-19(16-26(24)35-28)27-32-11-1-12-33-27/h2-10,13,16-17H,1,11-12,14-15H2,(H,30,31)(H,32,33)(H,34,35). The van der Waals surface area contributed by atoms with Crippen LogP contribution in [0.3, 0.4) is 0 Å². The van der Waals surface area contributed by atoms with Gasteiger partial charge in [0.15, 0.2) is 0 Å². The number of nitrogens with zero attached hydrogens (tertiary/aromatic N) is 3. The lowest BCUT2D eigenvalue weighted by Gasteiger charge is -2.14. The van der Waals surface area contributed by atoms with Crippen LogP contribution in [0.5, 0.6) is 5.75 Å². The van der Waals surface area contributed by atoms with Gasteiger partial charge in [-0.3, -0.25) is 9.98 Å². The van der Waals surface area contributed by atoms with E-state index in [1.165, 1.54) is 0 Å². The number of halogens is 1. The van der Waals surface area contributed by atoms with Crippen molar-refractivity contribution >= 4 is 45.1 Å². The average Bonchev–Trinajstić information content (AvgIpc) is 3.35. The number of rotatable bonds is 7. The van der Waals surface area contributed by atoms with Gasteiger partial charge in [-0.2, -0.15) is 0 Å². The minimum Gasteiger partial charge on any atom is -0.492 e. The highest BCUT2D eigenvalue weighted by Crippen LogP contribution is 2.25. The van der Waals surface area contributed by atoms with E-state index in [2.05, 4.69) is 37.7 Å². The van der Waals surface area contributed by atoms with E-state index >= 15 is 0 Å². The van der Waals surface area contributed by atoms with Crippen LogP contribution in [0.4, 0.5) is 5.69 Å². The zero-order valence-electron chi connectivity index (χ0n) is 19.6. The first-order chi connectivity index (χ1) is 17.7. The number of nitrogens with one attached hydrogen (secondary N) is 3. The Morgan fingerprint density at radius 3 is 2.69 bits per heavy atom. The molecule has 2 aromatic heterocycles. The third kappa shape index (κ3) is 4.70. The van der Waals surface area contributed by atoms with Crippen LogP contribution in [-0.4, -0.2) is 47.0 Å². The number of imidazole rings is 1. The molecule has 36 heavy (non-hydrogen) atoms. The predicted octanol–water partition coefficient (Wildman–Crippen LogP) is 5.66. The largest absolute Gasteiger partial charge is 0.492 e. The van der Waals surface area contributed by atoms with Gasteiger partial charge in [0.25, 0.3) is 0 Å². The number of aliphatic imine (C=N–C) groups is 1. The van der Waals surface area contributed by atoms with Crippen molar-refractivity contribution in [2.24, 2.45) is 4.99 Å². The zero-order chi connectivity index (χ0) is 24.3. The molecule has 0 fully saturated rings. The predicted molar refractivity (Wildman–Crippen MR) is 146 cm³/mol. The van der Waals surface area contributed by atoms with E-state index < -0.39 is 0 Å².